The molecule has 0 unspecified atom stereocenters. The number of benzene rings is 1. The fourth-order valence-corrected chi connectivity index (χ4v) is 6.15. The predicted molar refractivity (Wildman–Crippen MR) is 123 cm³/mol. The molecule has 0 atom stereocenters. The first-order chi connectivity index (χ1) is 15.0. The van der Waals surface area contributed by atoms with Crippen LogP contribution in [0.15, 0.2) is 58.1 Å². The van der Waals surface area contributed by atoms with Gasteiger partial charge in [-0.25, -0.2) is 13.1 Å². The van der Waals surface area contributed by atoms with Gasteiger partial charge in [0.2, 0.25) is 10.0 Å². The summed E-state index contributed by atoms with van der Waals surface area (Å²) in [7, 11) is -2.33. The molecule has 2 heterocycles. The number of carbonyl (C=O) groups is 1. The van der Waals surface area contributed by atoms with Gasteiger partial charge in [-0.2, -0.15) is 0 Å². The molecule has 0 aliphatic heterocycles. The SMILES string of the molecule is COc1ccc(C(=O)N(CCc2cccs2)Cc2cccs2)cc1S(=O)(=O)NC1CC1. The Kier molecular flexibility index (Phi) is 6.76. The lowest BCUT2D eigenvalue weighted by molar-refractivity contribution is 0.0746. The number of hydrogen-bond acceptors (Lipinski definition) is 6. The monoisotopic (exact) mass is 476 g/mol. The van der Waals surface area contributed by atoms with Gasteiger partial charge in [-0.15, -0.1) is 22.7 Å². The van der Waals surface area contributed by atoms with Crippen molar-refractivity contribution in [3.05, 3.63) is 68.5 Å². The van der Waals surface area contributed by atoms with Crippen LogP contribution in [0.5, 0.6) is 5.75 Å². The van der Waals surface area contributed by atoms with E-state index in [2.05, 4.69) is 10.8 Å². The highest BCUT2D eigenvalue weighted by atomic mass is 32.2. The van der Waals surface area contributed by atoms with Gasteiger partial charge in [-0.3, -0.25) is 4.79 Å². The number of carbonyl (C=O) groups excluding carboxylic acids is 1. The van der Waals surface area contributed by atoms with Crippen molar-refractivity contribution in [2.75, 3.05) is 13.7 Å². The van der Waals surface area contributed by atoms with E-state index in [-0.39, 0.29) is 22.6 Å². The smallest absolute Gasteiger partial charge is 0.254 e. The van der Waals surface area contributed by atoms with Crippen molar-refractivity contribution in [1.29, 1.82) is 0 Å². The van der Waals surface area contributed by atoms with Gasteiger partial charge >= 0.3 is 0 Å². The molecule has 1 fully saturated rings. The summed E-state index contributed by atoms with van der Waals surface area (Å²) in [5.74, 6) is 0.0311. The fraction of sp³-hybridized carbons (Fsp3) is 0.318. The molecule has 6 nitrogen and oxygen atoms in total. The lowest BCUT2D eigenvalue weighted by Crippen LogP contribution is -2.32. The molecule has 1 saturated carbocycles. The van der Waals surface area contributed by atoms with Gasteiger partial charge in [0.25, 0.3) is 5.91 Å². The van der Waals surface area contributed by atoms with Crippen molar-refractivity contribution < 1.29 is 17.9 Å². The molecule has 1 aliphatic rings. The average Bonchev–Trinajstić information content (AvgIpc) is 3.21. The van der Waals surface area contributed by atoms with Crippen LogP contribution >= 0.6 is 22.7 Å². The third kappa shape index (κ3) is 5.54. The molecule has 164 valence electrons. The summed E-state index contributed by atoms with van der Waals surface area (Å²) < 4.78 is 33.6. The van der Waals surface area contributed by atoms with E-state index in [1.807, 2.05) is 29.0 Å². The number of sulfonamides is 1. The number of thiophene rings is 2. The summed E-state index contributed by atoms with van der Waals surface area (Å²) in [6.45, 7) is 1.03. The van der Waals surface area contributed by atoms with E-state index in [1.165, 1.54) is 18.1 Å². The maximum absolute atomic E-state index is 13.4. The second kappa shape index (κ2) is 9.52. The van der Waals surface area contributed by atoms with Crippen molar-refractivity contribution in [2.45, 2.75) is 36.7 Å². The number of methoxy groups -OCH3 is 1. The van der Waals surface area contributed by atoms with E-state index in [9.17, 15) is 13.2 Å². The molecule has 0 bridgehead atoms. The van der Waals surface area contributed by atoms with Gasteiger partial charge in [0, 0.05) is 27.9 Å². The highest BCUT2D eigenvalue weighted by Gasteiger charge is 2.30. The average molecular weight is 477 g/mol. The summed E-state index contributed by atoms with van der Waals surface area (Å²) in [6.07, 6.45) is 2.41. The minimum atomic E-state index is -3.76. The van der Waals surface area contributed by atoms with E-state index in [0.717, 1.165) is 24.1 Å². The normalized spacial score (nSPS) is 13.8. The summed E-state index contributed by atoms with van der Waals surface area (Å²) >= 11 is 3.26. The quantitative estimate of drug-likeness (QED) is 0.477. The van der Waals surface area contributed by atoms with Crippen molar-refractivity contribution in [1.82, 2.24) is 9.62 Å². The Bertz CT molecular complexity index is 1120. The summed E-state index contributed by atoms with van der Waals surface area (Å²) in [6, 6.07) is 12.6. The largest absolute Gasteiger partial charge is 0.495 e. The Hall–Kier alpha value is -2.20. The van der Waals surface area contributed by atoms with Crippen LogP contribution in [0.25, 0.3) is 0 Å². The first-order valence-electron chi connectivity index (χ1n) is 10.0. The lowest BCUT2D eigenvalue weighted by Gasteiger charge is -2.23. The topological polar surface area (TPSA) is 75.7 Å². The van der Waals surface area contributed by atoms with Gasteiger partial charge in [-0.05, 0) is 60.4 Å². The third-order valence-electron chi connectivity index (χ3n) is 5.02. The molecule has 3 aromatic rings. The lowest BCUT2D eigenvalue weighted by atomic mass is 10.1. The Morgan fingerprint density at radius 2 is 1.84 bits per heavy atom. The van der Waals surface area contributed by atoms with Crippen LogP contribution in [0.4, 0.5) is 0 Å². The van der Waals surface area contributed by atoms with E-state index in [1.54, 1.807) is 39.7 Å². The van der Waals surface area contributed by atoms with E-state index >= 15 is 0 Å². The summed E-state index contributed by atoms with van der Waals surface area (Å²) in [5, 5.41) is 4.01. The standard InChI is InChI=1S/C22H24N2O4S3/c1-28-20-9-6-16(14-21(20)31(26,27)23-17-7-8-17)22(25)24(15-19-5-3-13-30-19)11-10-18-4-2-12-29-18/h2-6,9,12-14,17,23H,7-8,10-11,15H2,1H3. The van der Waals surface area contributed by atoms with Crippen LogP contribution < -0.4 is 9.46 Å². The molecule has 4 rings (SSSR count). The number of ether oxygens (including phenoxy) is 1. The molecule has 0 radical (unpaired) electrons. The molecule has 1 aromatic carbocycles. The molecular formula is C22H24N2O4S3. The molecule has 2 aromatic heterocycles. The first kappa shape index (κ1) is 22.0. The molecule has 31 heavy (non-hydrogen) atoms. The van der Waals surface area contributed by atoms with Gasteiger partial charge in [0.1, 0.15) is 10.6 Å². The molecule has 9 heteroatoms. The zero-order valence-corrected chi connectivity index (χ0v) is 19.6. The summed E-state index contributed by atoms with van der Waals surface area (Å²) in [5.41, 5.74) is 0.333. The van der Waals surface area contributed by atoms with Gasteiger partial charge < -0.3 is 9.64 Å². The van der Waals surface area contributed by atoms with E-state index < -0.39 is 10.0 Å². The van der Waals surface area contributed by atoms with Crippen LogP contribution in [-0.2, 0) is 23.0 Å². The molecule has 1 N–H and O–H groups in total. The van der Waals surface area contributed by atoms with Crippen LogP contribution in [0, 0.1) is 0 Å². The van der Waals surface area contributed by atoms with Crippen LogP contribution in [0.1, 0.15) is 33.0 Å². The Morgan fingerprint density at radius 3 is 2.45 bits per heavy atom. The third-order valence-corrected chi connectivity index (χ3v) is 8.36. The van der Waals surface area contributed by atoms with Crippen molar-refractivity contribution in [3.63, 3.8) is 0 Å². The number of nitrogens with zero attached hydrogens (tertiary/aromatic N) is 1. The molecular weight excluding hydrogens is 452 g/mol. The minimum absolute atomic E-state index is 0.00193. The molecule has 0 saturated heterocycles. The van der Waals surface area contributed by atoms with Gasteiger partial charge in [-0.1, -0.05) is 12.1 Å². The van der Waals surface area contributed by atoms with Crippen molar-refractivity contribution >= 4 is 38.6 Å². The number of rotatable bonds is 10. The zero-order chi connectivity index (χ0) is 21.8. The number of hydrogen-bond donors (Lipinski definition) is 1. The predicted octanol–water partition coefficient (Wildman–Crippen LogP) is 4.14. The van der Waals surface area contributed by atoms with Gasteiger partial charge in [0.15, 0.2) is 0 Å². The van der Waals surface area contributed by atoms with Crippen LogP contribution in [0.3, 0.4) is 0 Å². The van der Waals surface area contributed by atoms with Gasteiger partial charge in [0.05, 0.1) is 13.7 Å². The first-order valence-corrected chi connectivity index (χ1v) is 13.2. The number of amides is 1. The highest BCUT2D eigenvalue weighted by molar-refractivity contribution is 7.89. The molecule has 0 spiro atoms. The van der Waals surface area contributed by atoms with Crippen LogP contribution in [-0.4, -0.2) is 38.9 Å². The maximum Gasteiger partial charge on any atom is 0.254 e. The van der Waals surface area contributed by atoms with Crippen molar-refractivity contribution in [2.24, 2.45) is 0 Å². The highest BCUT2D eigenvalue weighted by Crippen LogP contribution is 2.29. The second-order valence-corrected chi connectivity index (χ2v) is 11.1. The molecule has 1 amide bonds. The van der Waals surface area contributed by atoms with E-state index in [4.69, 9.17) is 4.74 Å². The van der Waals surface area contributed by atoms with Crippen molar-refractivity contribution in [3.8, 4) is 5.75 Å². The summed E-state index contributed by atoms with van der Waals surface area (Å²) in [4.78, 5) is 17.5. The Morgan fingerprint density at radius 1 is 1.13 bits per heavy atom. The zero-order valence-electron chi connectivity index (χ0n) is 17.1. The Balaban J connectivity index is 1.61. The molecule has 1 aliphatic carbocycles. The fourth-order valence-electron chi connectivity index (χ4n) is 3.23. The minimum Gasteiger partial charge on any atom is -0.495 e. The Labute approximate surface area is 190 Å². The van der Waals surface area contributed by atoms with Crippen LogP contribution in [0.2, 0.25) is 0 Å². The maximum atomic E-state index is 13.4. The van der Waals surface area contributed by atoms with E-state index in [0.29, 0.717) is 18.7 Å². The second-order valence-electron chi connectivity index (χ2n) is 7.40. The number of nitrogens with one attached hydrogen (secondary N) is 1.